The number of carboxylic acid groups (broad SMARTS) is 1. The number of carboxylic acids is 1. The van der Waals surface area contributed by atoms with Gasteiger partial charge in [0, 0.05) is 11.7 Å². The Labute approximate surface area is 130 Å². The predicted molar refractivity (Wildman–Crippen MR) is 83.9 cm³/mol. The molecule has 3 aromatic rings. The lowest BCUT2D eigenvalue weighted by molar-refractivity contribution is 0.0696. The number of rotatable bonds is 2. The van der Waals surface area contributed by atoms with Crippen molar-refractivity contribution in [3.63, 3.8) is 0 Å². The summed E-state index contributed by atoms with van der Waals surface area (Å²) in [5.74, 6) is -0.366. The Morgan fingerprint density at radius 3 is 3.00 bits per heavy atom. The van der Waals surface area contributed by atoms with Gasteiger partial charge in [-0.1, -0.05) is 29.5 Å². The summed E-state index contributed by atoms with van der Waals surface area (Å²) in [5.41, 5.74) is 2.91. The first kappa shape index (κ1) is 13.1. The molecule has 1 aliphatic heterocycles. The van der Waals surface area contributed by atoms with E-state index in [4.69, 9.17) is 5.11 Å². The number of para-hydroxylation sites is 1. The maximum atomic E-state index is 11.2. The Hall–Kier alpha value is -2.54. The van der Waals surface area contributed by atoms with Crippen LogP contribution in [0.2, 0.25) is 0 Å². The zero-order chi connectivity index (χ0) is 15.3. The third-order valence-corrected chi connectivity index (χ3v) is 4.75. The van der Waals surface area contributed by atoms with E-state index in [-0.39, 0.29) is 11.0 Å². The summed E-state index contributed by atoms with van der Waals surface area (Å²) in [6.07, 6.45) is 2.40. The monoisotopic (exact) mass is 312 g/mol. The van der Waals surface area contributed by atoms with Crippen molar-refractivity contribution in [1.82, 2.24) is 15.0 Å². The highest BCUT2D eigenvalue weighted by Gasteiger charge is 2.30. The second-order valence-electron chi connectivity index (χ2n) is 5.23. The van der Waals surface area contributed by atoms with Crippen LogP contribution < -0.4 is 4.90 Å². The van der Waals surface area contributed by atoms with E-state index in [9.17, 15) is 4.79 Å². The molecular weight excluding hydrogens is 300 g/mol. The van der Waals surface area contributed by atoms with Gasteiger partial charge in [-0.15, -0.1) is 0 Å². The fourth-order valence-electron chi connectivity index (χ4n) is 2.90. The van der Waals surface area contributed by atoms with Crippen molar-refractivity contribution in [1.29, 1.82) is 0 Å². The predicted octanol–water partition coefficient (Wildman–Crippen LogP) is 2.87. The van der Waals surface area contributed by atoms with Gasteiger partial charge in [0.1, 0.15) is 16.7 Å². The van der Waals surface area contributed by atoms with Gasteiger partial charge in [-0.05, 0) is 25.0 Å². The average Bonchev–Trinajstić information content (AvgIpc) is 3.07. The zero-order valence-electron chi connectivity index (χ0n) is 11.7. The van der Waals surface area contributed by atoms with Crippen molar-refractivity contribution < 1.29 is 9.90 Å². The summed E-state index contributed by atoms with van der Waals surface area (Å²) in [7, 11) is 0. The van der Waals surface area contributed by atoms with Crippen LogP contribution in [0.3, 0.4) is 0 Å². The Kier molecular flexibility index (Phi) is 2.83. The third-order valence-electron chi connectivity index (χ3n) is 3.79. The standard InChI is InChI=1S/C15H12N4O2S/c1-8-6-9-4-2-3-5-10(9)19(8)12-11-13(17-7-16-12)22-14(18-11)15(20)21/h2-5,7-8H,6H2,1H3,(H,20,21)/t8-/m1/s1. The second-order valence-corrected chi connectivity index (χ2v) is 6.20. The van der Waals surface area contributed by atoms with Gasteiger partial charge in [0.15, 0.2) is 5.82 Å². The number of thiazole rings is 1. The highest BCUT2D eigenvalue weighted by atomic mass is 32.1. The van der Waals surface area contributed by atoms with Gasteiger partial charge in [-0.25, -0.2) is 19.7 Å². The highest BCUT2D eigenvalue weighted by molar-refractivity contribution is 7.19. The molecule has 0 unspecified atom stereocenters. The van der Waals surface area contributed by atoms with Gasteiger partial charge in [0.2, 0.25) is 5.01 Å². The van der Waals surface area contributed by atoms with Crippen LogP contribution in [0.5, 0.6) is 0 Å². The number of hydrogen-bond acceptors (Lipinski definition) is 6. The Bertz CT molecular complexity index is 892. The molecule has 0 aliphatic carbocycles. The van der Waals surface area contributed by atoms with Gasteiger partial charge in [0.25, 0.3) is 0 Å². The van der Waals surface area contributed by atoms with Crippen LogP contribution in [-0.2, 0) is 6.42 Å². The summed E-state index contributed by atoms with van der Waals surface area (Å²) in [6, 6.07) is 8.41. The molecule has 7 heteroatoms. The molecule has 22 heavy (non-hydrogen) atoms. The van der Waals surface area contributed by atoms with Crippen LogP contribution in [0.15, 0.2) is 30.6 Å². The lowest BCUT2D eigenvalue weighted by Gasteiger charge is -2.23. The summed E-state index contributed by atoms with van der Waals surface area (Å²) < 4.78 is 0. The van der Waals surface area contributed by atoms with Gasteiger partial charge < -0.3 is 10.0 Å². The zero-order valence-corrected chi connectivity index (χ0v) is 12.5. The van der Waals surface area contributed by atoms with Crippen molar-refractivity contribution in [2.45, 2.75) is 19.4 Å². The quantitative estimate of drug-likeness (QED) is 0.784. The molecule has 2 aromatic heterocycles. The third kappa shape index (κ3) is 1.86. The van der Waals surface area contributed by atoms with E-state index < -0.39 is 5.97 Å². The Morgan fingerprint density at radius 1 is 1.36 bits per heavy atom. The molecule has 0 amide bonds. The first-order valence-corrected chi connectivity index (χ1v) is 7.69. The highest BCUT2D eigenvalue weighted by Crippen LogP contribution is 2.40. The largest absolute Gasteiger partial charge is 0.476 e. The van der Waals surface area contributed by atoms with Gasteiger partial charge in [-0.3, -0.25) is 0 Å². The number of fused-ring (bicyclic) bond motifs is 2. The SMILES string of the molecule is C[C@@H]1Cc2ccccc2N1c1ncnc2sc(C(=O)O)nc12. The number of nitrogens with zero attached hydrogens (tertiary/aromatic N) is 4. The Morgan fingerprint density at radius 2 is 2.18 bits per heavy atom. The van der Waals surface area contributed by atoms with E-state index in [2.05, 4.69) is 38.9 Å². The lowest BCUT2D eigenvalue weighted by Crippen LogP contribution is -2.25. The smallest absolute Gasteiger partial charge is 0.365 e. The van der Waals surface area contributed by atoms with Crippen molar-refractivity contribution in [3.8, 4) is 0 Å². The molecule has 4 rings (SSSR count). The number of carbonyl (C=O) groups is 1. The number of hydrogen-bond donors (Lipinski definition) is 1. The van der Waals surface area contributed by atoms with E-state index in [1.165, 1.54) is 11.9 Å². The van der Waals surface area contributed by atoms with Crippen LogP contribution in [0.4, 0.5) is 11.5 Å². The molecule has 0 saturated heterocycles. The molecule has 1 atom stereocenters. The topological polar surface area (TPSA) is 79.2 Å². The van der Waals surface area contributed by atoms with Crippen LogP contribution in [0, 0.1) is 0 Å². The van der Waals surface area contributed by atoms with E-state index in [0.717, 1.165) is 23.4 Å². The molecule has 0 radical (unpaired) electrons. The summed E-state index contributed by atoms with van der Waals surface area (Å²) in [5, 5.41) is 9.18. The van der Waals surface area contributed by atoms with Crippen LogP contribution >= 0.6 is 11.3 Å². The molecule has 0 saturated carbocycles. The van der Waals surface area contributed by atoms with Crippen LogP contribution in [0.25, 0.3) is 10.3 Å². The lowest BCUT2D eigenvalue weighted by atomic mass is 10.1. The number of anilines is 2. The summed E-state index contributed by atoms with van der Waals surface area (Å²) >= 11 is 1.07. The fraction of sp³-hybridized carbons (Fsp3) is 0.200. The number of aromatic nitrogens is 3. The van der Waals surface area contributed by atoms with Crippen molar-refractivity contribution in [3.05, 3.63) is 41.2 Å². The number of benzene rings is 1. The summed E-state index contributed by atoms with van der Waals surface area (Å²) in [4.78, 5) is 26.6. The molecule has 0 bridgehead atoms. The molecule has 110 valence electrons. The molecule has 1 aliphatic rings. The van der Waals surface area contributed by atoms with E-state index in [1.807, 2.05) is 12.1 Å². The average molecular weight is 312 g/mol. The van der Waals surface area contributed by atoms with E-state index in [1.54, 1.807) is 0 Å². The first-order valence-electron chi connectivity index (χ1n) is 6.87. The van der Waals surface area contributed by atoms with Gasteiger partial charge >= 0.3 is 5.97 Å². The van der Waals surface area contributed by atoms with Crippen molar-refractivity contribution >= 4 is 39.2 Å². The molecule has 6 nitrogen and oxygen atoms in total. The normalized spacial score (nSPS) is 17.0. The molecular formula is C15H12N4O2S. The molecule has 3 heterocycles. The molecule has 1 N–H and O–H groups in total. The summed E-state index contributed by atoms with van der Waals surface area (Å²) in [6.45, 7) is 2.12. The van der Waals surface area contributed by atoms with E-state index >= 15 is 0 Å². The molecule has 0 fully saturated rings. The maximum absolute atomic E-state index is 11.2. The Balaban J connectivity index is 1.93. The first-order chi connectivity index (χ1) is 10.6. The molecule has 1 aromatic carbocycles. The van der Waals surface area contributed by atoms with Crippen molar-refractivity contribution in [2.24, 2.45) is 0 Å². The minimum Gasteiger partial charge on any atom is -0.476 e. The number of aromatic carboxylic acids is 1. The maximum Gasteiger partial charge on any atom is 0.365 e. The fourth-order valence-corrected chi connectivity index (χ4v) is 3.64. The van der Waals surface area contributed by atoms with Crippen LogP contribution in [0.1, 0.15) is 22.3 Å². The van der Waals surface area contributed by atoms with Crippen LogP contribution in [-0.4, -0.2) is 32.1 Å². The van der Waals surface area contributed by atoms with Gasteiger partial charge in [0.05, 0.1) is 0 Å². The second kappa shape index (κ2) is 4.74. The van der Waals surface area contributed by atoms with Crippen molar-refractivity contribution in [2.75, 3.05) is 4.90 Å². The van der Waals surface area contributed by atoms with Gasteiger partial charge in [-0.2, -0.15) is 0 Å². The van der Waals surface area contributed by atoms with E-state index in [0.29, 0.717) is 16.2 Å². The minimum absolute atomic E-state index is 0.0388. The molecule has 0 spiro atoms. The minimum atomic E-state index is -1.04.